The average molecular weight is 408 g/mol. The van der Waals surface area contributed by atoms with Gasteiger partial charge >= 0.3 is 0 Å². The van der Waals surface area contributed by atoms with E-state index in [-0.39, 0.29) is 5.91 Å². The van der Waals surface area contributed by atoms with Crippen LogP contribution in [0.3, 0.4) is 0 Å². The number of amides is 1. The first-order chi connectivity index (χ1) is 14.6. The van der Waals surface area contributed by atoms with Crippen molar-refractivity contribution in [2.75, 3.05) is 0 Å². The van der Waals surface area contributed by atoms with Gasteiger partial charge in [0.15, 0.2) is 0 Å². The molecule has 2 heterocycles. The lowest BCUT2D eigenvalue weighted by Gasteiger charge is -2.23. The summed E-state index contributed by atoms with van der Waals surface area (Å²) in [5.74, 6) is 1.53. The van der Waals surface area contributed by atoms with Crippen LogP contribution >= 0.6 is 0 Å². The molecule has 0 spiro atoms. The van der Waals surface area contributed by atoms with Gasteiger partial charge in [-0.3, -0.25) is 4.79 Å². The van der Waals surface area contributed by atoms with Crippen LogP contribution in [0.1, 0.15) is 61.0 Å². The number of aryl methyl sites for hydroxylation is 2. The van der Waals surface area contributed by atoms with Gasteiger partial charge < -0.3 is 10.1 Å². The highest BCUT2D eigenvalue weighted by Gasteiger charge is 2.15. The zero-order valence-corrected chi connectivity index (χ0v) is 17.7. The van der Waals surface area contributed by atoms with Gasteiger partial charge in [0.05, 0.1) is 6.10 Å². The summed E-state index contributed by atoms with van der Waals surface area (Å²) in [6.07, 6.45) is 9.02. The highest BCUT2D eigenvalue weighted by molar-refractivity contribution is 5.76. The third-order valence-electron chi connectivity index (χ3n) is 5.86. The first-order valence-electron chi connectivity index (χ1n) is 10.8. The molecular weight excluding hydrogens is 378 g/mol. The zero-order chi connectivity index (χ0) is 20.9. The number of aromatic nitrogens is 4. The van der Waals surface area contributed by atoms with Crippen molar-refractivity contribution in [3.05, 3.63) is 53.1 Å². The van der Waals surface area contributed by atoms with E-state index in [1.807, 2.05) is 38.1 Å². The molecule has 1 N–H and O–H groups in total. The Balaban J connectivity index is 1.27. The molecule has 2 aromatic heterocycles. The smallest absolute Gasteiger partial charge is 0.252 e. The van der Waals surface area contributed by atoms with E-state index in [1.165, 1.54) is 25.6 Å². The minimum atomic E-state index is 0.0232. The summed E-state index contributed by atoms with van der Waals surface area (Å²) < 4.78 is 7.79. The summed E-state index contributed by atoms with van der Waals surface area (Å²) in [5, 5.41) is 7.21. The summed E-state index contributed by atoms with van der Waals surface area (Å²) >= 11 is 0. The second-order valence-electron chi connectivity index (χ2n) is 8.03. The molecule has 158 valence electrons. The van der Waals surface area contributed by atoms with E-state index in [9.17, 15) is 4.79 Å². The summed E-state index contributed by atoms with van der Waals surface area (Å²) in [6, 6.07) is 8.05. The molecule has 1 saturated carbocycles. The van der Waals surface area contributed by atoms with Crippen LogP contribution < -0.4 is 10.1 Å². The van der Waals surface area contributed by atoms with Crippen LogP contribution in [0.5, 0.6) is 5.75 Å². The van der Waals surface area contributed by atoms with Crippen LogP contribution in [-0.4, -0.2) is 31.6 Å². The van der Waals surface area contributed by atoms with Gasteiger partial charge in [-0.1, -0.05) is 18.6 Å². The van der Waals surface area contributed by atoms with E-state index in [0.717, 1.165) is 41.1 Å². The van der Waals surface area contributed by atoms with Crippen molar-refractivity contribution in [2.45, 2.75) is 71.4 Å². The Hall–Kier alpha value is -2.96. The fourth-order valence-electron chi connectivity index (χ4n) is 4.11. The zero-order valence-electron chi connectivity index (χ0n) is 17.7. The van der Waals surface area contributed by atoms with Crippen molar-refractivity contribution in [1.29, 1.82) is 0 Å². The van der Waals surface area contributed by atoms with E-state index in [1.54, 1.807) is 4.52 Å². The molecule has 4 rings (SSSR count). The number of hydrogen-bond donors (Lipinski definition) is 1. The Morgan fingerprint density at radius 3 is 2.70 bits per heavy atom. The molecule has 7 heteroatoms. The topological polar surface area (TPSA) is 81.4 Å². The van der Waals surface area contributed by atoms with Gasteiger partial charge in [-0.25, -0.2) is 9.50 Å². The fraction of sp³-hybridized carbons (Fsp3) is 0.478. The van der Waals surface area contributed by atoms with Gasteiger partial charge in [0.25, 0.3) is 5.78 Å². The highest BCUT2D eigenvalue weighted by Crippen LogP contribution is 2.23. The van der Waals surface area contributed by atoms with Crippen molar-refractivity contribution in [3.8, 4) is 5.75 Å². The minimum Gasteiger partial charge on any atom is -0.490 e. The second-order valence-corrected chi connectivity index (χ2v) is 8.03. The van der Waals surface area contributed by atoms with E-state index >= 15 is 0 Å². The molecule has 0 unspecified atom stereocenters. The van der Waals surface area contributed by atoms with Crippen molar-refractivity contribution < 1.29 is 9.53 Å². The number of carbonyl (C=O) groups excluding carboxylic acids is 1. The van der Waals surface area contributed by atoms with E-state index in [2.05, 4.69) is 20.4 Å². The number of carbonyl (C=O) groups is 1. The van der Waals surface area contributed by atoms with Gasteiger partial charge in [-0.15, -0.1) is 0 Å². The Morgan fingerprint density at radius 1 is 1.17 bits per heavy atom. The number of rotatable bonds is 7. The average Bonchev–Trinajstić information content (AvgIpc) is 3.22. The second kappa shape index (κ2) is 9.24. The number of fused-ring (bicyclic) bond motifs is 1. The van der Waals surface area contributed by atoms with Crippen molar-refractivity contribution in [3.63, 3.8) is 0 Å². The summed E-state index contributed by atoms with van der Waals surface area (Å²) in [7, 11) is 0. The van der Waals surface area contributed by atoms with Crippen molar-refractivity contribution in [1.82, 2.24) is 24.9 Å². The largest absolute Gasteiger partial charge is 0.490 e. The maximum Gasteiger partial charge on any atom is 0.252 e. The summed E-state index contributed by atoms with van der Waals surface area (Å²) in [5.41, 5.74) is 4.00. The molecule has 0 atom stereocenters. The monoisotopic (exact) mass is 407 g/mol. The van der Waals surface area contributed by atoms with Gasteiger partial charge in [0.2, 0.25) is 5.91 Å². The molecule has 0 aliphatic heterocycles. The highest BCUT2D eigenvalue weighted by atomic mass is 16.5. The van der Waals surface area contributed by atoms with Crippen LogP contribution in [0.15, 0.2) is 30.6 Å². The van der Waals surface area contributed by atoms with E-state index < -0.39 is 0 Å². The van der Waals surface area contributed by atoms with Crippen LogP contribution in [0.25, 0.3) is 5.78 Å². The number of ether oxygens (including phenoxy) is 1. The van der Waals surface area contributed by atoms with E-state index in [4.69, 9.17) is 4.74 Å². The Bertz CT molecular complexity index is 1010. The summed E-state index contributed by atoms with van der Waals surface area (Å²) in [6.45, 7) is 4.45. The maximum absolute atomic E-state index is 12.4. The molecule has 1 aromatic carbocycles. The third-order valence-corrected chi connectivity index (χ3v) is 5.86. The minimum absolute atomic E-state index is 0.0232. The van der Waals surface area contributed by atoms with Crippen LogP contribution in [-0.2, 0) is 17.8 Å². The molecule has 7 nitrogen and oxygen atoms in total. The predicted molar refractivity (Wildman–Crippen MR) is 114 cm³/mol. The number of hydrogen-bond acceptors (Lipinski definition) is 5. The maximum atomic E-state index is 12.4. The fourth-order valence-corrected chi connectivity index (χ4v) is 4.11. The molecule has 0 radical (unpaired) electrons. The standard InChI is InChI=1S/C23H29N5O2/c1-16-21(17(2)28-23(27-16)25-15-26-28)12-13-22(29)24-14-18-8-10-20(11-9-18)30-19-6-4-3-5-7-19/h8-11,15,19H,3-7,12-14H2,1-2H3,(H,24,29). The molecule has 3 aromatic rings. The molecular formula is C23H29N5O2. The number of nitrogens with zero attached hydrogens (tertiary/aromatic N) is 4. The van der Waals surface area contributed by atoms with Gasteiger partial charge in [-0.05, 0) is 69.2 Å². The quantitative estimate of drug-likeness (QED) is 0.646. The normalized spacial score (nSPS) is 14.7. The molecule has 1 aliphatic carbocycles. The van der Waals surface area contributed by atoms with Crippen molar-refractivity contribution in [2.24, 2.45) is 0 Å². The molecule has 1 amide bonds. The van der Waals surface area contributed by atoms with Gasteiger partial charge in [-0.2, -0.15) is 10.1 Å². The first-order valence-corrected chi connectivity index (χ1v) is 10.8. The third kappa shape index (κ3) is 4.78. The molecule has 1 fully saturated rings. The predicted octanol–water partition coefficient (Wildman–Crippen LogP) is 3.70. The SMILES string of the molecule is Cc1nc2ncnn2c(C)c1CCC(=O)NCc1ccc(OC2CCCCC2)cc1. The van der Waals surface area contributed by atoms with Gasteiger partial charge in [0.1, 0.15) is 12.1 Å². The lowest BCUT2D eigenvalue weighted by atomic mass is 9.98. The molecule has 1 aliphatic rings. The van der Waals surface area contributed by atoms with Crippen LogP contribution in [0.4, 0.5) is 0 Å². The Labute approximate surface area is 176 Å². The molecule has 0 bridgehead atoms. The molecule has 0 saturated heterocycles. The lowest BCUT2D eigenvalue weighted by molar-refractivity contribution is -0.121. The Morgan fingerprint density at radius 2 is 1.93 bits per heavy atom. The molecule has 30 heavy (non-hydrogen) atoms. The van der Waals surface area contributed by atoms with E-state index in [0.29, 0.717) is 31.3 Å². The first kappa shape index (κ1) is 20.3. The lowest BCUT2D eigenvalue weighted by Crippen LogP contribution is -2.23. The van der Waals surface area contributed by atoms with Crippen molar-refractivity contribution >= 4 is 11.7 Å². The Kier molecular flexibility index (Phi) is 6.26. The summed E-state index contributed by atoms with van der Waals surface area (Å²) in [4.78, 5) is 21.0. The number of nitrogens with one attached hydrogen (secondary N) is 1. The van der Waals surface area contributed by atoms with Gasteiger partial charge in [0, 0.05) is 24.4 Å². The van der Waals surface area contributed by atoms with Crippen LogP contribution in [0, 0.1) is 13.8 Å². The van der Waals surface area contributed by atoms with Crippen LogP contribution in [0.2, 0.25) is 0 Å². The number of benzene rings is 1.